The second-order valence-electron chi connectivity index (χ2n) is 5.41. The Kier molecular flexibility index (Phi) is 3.35. The molecule has 0 amide bonds. The smallest absolute Gasteiger partial charge is 0.0456 e. The summed E-state index contributed by atoms with van der Waals surface area (Å²) in [6.07, 6.45) is 5.61. The number of aromatic amines is 1. The summed E-state index contributed by atoms with van der Waals surface area (Å²) in [5, 5.41) is 4.89. The van der Waals surface area contributed by atoms with Crippen molar-refractivity contribution in [2.45, 2.75) is 25.3 Å². The lowest BCUT2D eigenvalue weighted by molar-refractivity contribution is 0.257. The Morgan fingerprint density at radius 3 is 2.94 bits per heavy atom. The highest BCUT2D eigenvalue weighted by Crippen LogP contribution is 2.24. The number of rotatable bonds is 5. The molecule has 0 aliphatic heterocycles. The highest BCUT2D eigenvalue weighted by molar-refractivity contribution is 5.83. The minimum absolute atomic E-state index is 0.463. The largest absolute Gasteiger partial charge is 0.361 e. The molecule has 0 saturated heterocycles. The third-order valence-electron chi connectivity index (χ3n) is 3.95. The first-order valence-corrected chi connectivity index (χ1v) is 6.84. The van der Waals surface area contributed by atoms with Crippen molar-refractivity contribution in [1.82, 2.24) is 10.3 Å². The van der Waals surface area contributed by atoms with Gasteiger partial charge >= 0.3 is 0 Å². The van der Waals surface area contributed by atoms with E-state index in [9.17, 15) is 0 Å². The zero-order chi connectivity index (χ0) is 12.4. The number of nitrogens with two attached hydrogens (primary N) is 1. The minimum atomic E-state index is 0.463. The molecule has 0 spiro atoms. The van der Waals surface area contributed by atoms with E-state index in [2.05, 4.69) is 40.8 Å². The van der Waals surface area contributed by atoms with Crippen molar-refractivity contribution in [2.75, 3.05) is 13.1 Å². The Bertz CT molecular complexity index is 511. The maximum absolute atomic E-state index is 5.78. The molecule has 1 aliphatic rings. The van der Waals surface area contributed by atoms with Gasteiger partial charge in [0.25, 0.3) is 0 Å². The van der Waals surface area contributed by atoms with Crippen LogP contribution in [0.1, 0.15) is 18.4 Å². The number of para-hydroxylation sites is 1. The van der Waals surface area contributed by atoms with Crippen LogP contribution in [0.3, 0.4) is 0 Å². The van der Waals surface area contributed by atoms with Gasteiger partial charge in [0.15, 0.2) is 0 Å². The van der Waals surface area contributed by atoms with Gasteiger partial charge in [-0.1, -0.05) is 18.2 Å². The summed E-state index contributed by atoms with van der Waals surface area (Å²) in [6.45, 7) is 2.17. The van der Waals surface area contributed by atoms with E-state index in [4.69, 9.17) is 5.73 Å². The number of nitrogens with one attached hydrogen (secondary N) is 2. The molecule has 3 nitrogen and oxygen atoms in total. The van der Waals surface area contributed by atoms with Gasteiger partial charge in [0.05, 0.1) is 0 Å². The molecule has 1 heterocycles. The van der Waals surface area contributed by atoms with Gasteiger partial charge in [0.2, 0.25) is 0 Å². The summed E-state index contributed by atoms with van der Waals surface area (Å²) < 4.78 is 0. The van der Waals surface area contributed by atoms with Gasteiger partial charge in [-0.05, 0) is 49.9 Å². The van der Waals surface area contributed by atoms with Gasteiger partial charge in [0.1, 0.15) is 0 Å². The molecule has 4 N–H and O–H groups in total. The van der Waals surface area contributed by atoms with Crippen LogP contribution >= 0.6 is 0 Å². The van der Waals surface area contributed by atoms with E-state index in [1.165, 1.54) is 29.3 Å². The molecular weight excluding hydrogens is 222 g/mol. The Balaban J connectivity index is 1.48. The zero-order valence-electron chi connectivity index (χ0n) is 10.7. The van der Waals surface area contributed by atoms with Crippen molar-refractivity contribution in [3.63, 3.8) is 0 Å². The van der Waals surface area contributed by atoms with E-state index >= 15 is 0 Å². The fourth-order valence-electron chi connectivity index (χ4n) is 2.82. The number of H-pyrrole nitrogens is 1. The average molecular weight is 243 g/mol. The topological polar surface area (TPSA) is 53.8 Å². The van der Waals surface area contributed by atoms with E-state index in [-0.39, 0.29) is 0 Å². The monoisotopic (exact) mass is 243 g/mol. The first-order valence-electron chi connectivity index (χ1n) is 6.84. The summed E-state index contributed by atoms with van der Waals surface area (Å²) in [6, 6.07) is 8.95. The number of hydrogen-bond donors (Lipinski definition) is 3. The molecule has 1 aromatic carbocycles. The van der Waals surface area contributed by atoms with Crippen LogP contribution in [-0.2, 0) is 6.42 Å². The minimum Gasteiger partial charge on any atom is -0.361 e. The molecule has 0 radical (unpaired) electrons. The van der Waals surface area contributed by atoms with Gasteiger partial charge in [-0.25, -0.2) is 0 Å². The van der Waals surface area contributed by atoms with Crippen LogP contribution in [-0.4, -0.2) is 24.1 Å². The van der Waals surface area contributed by atoms with Crippen LogP contribution in [0.4, 0.5) is 0 Å². The summed E-state index contributed by atoms with van der Waals surface area (Å²) >= 11 is 0. The molecule has 96 valence electrons. The summed E-state index contributed by atoms with van der Waals surface area (Å²) in [5.41, 5.74) is 8.42. The molecule has 18 heavy (non-hydrogen) atoms. The molecule has 3 heteroatoms. The SMILES string of the molecule is NC1CC(CNCCc2c[nH]c3ccccc23)C1. The van der Waals surface area contributed by atoms with Crippen molar-refractivity contribution in [3.05, 3.63) is 36.0 Å². The standard InChI is InChI=1S/C15H21N3/c16-13-7-11(8-13)9-17-6-5-12-10-18-15-4-2-1-3-14(12)15/h1-4,10-11,13,17-18H,5-9,16H2. The second kappa shape index (κ2) is 5.12. The first kappa shape index (κ1) is 11.8. The van der Waals surface area contributed by atoms with E-state index in [1.807, 2.05) is 0 Å². The molecule has 1 aliphatic carbocycles. The van der Waals surface area contributed by atoms with E-state index < -0.39 is 0 Å². The van der Waals surface area contributed by atoms with E-state index in [0.717, 1.165) is 25.4 Å². The zero-order valence-corrected chi connectivity index (χ0v) is 10.7. The Morgan fingerprint density at radius 1 is 1.28 bits per heavy atom. The lowest BCUT2D eigenvalue weighted by Gasteiger charge is -2.32. The van der Waals surface area contributed by atoms with Crippen LogP contribution < -0.4 is 11.1 Å². The molecule has 1 fully saturated rings. The predicted molar refractivity (Wildman–Crippen MR) is 75.6 cm³/mol. The lowest BCUT2D eigenvalue weighted by Crippen LogP contribution is -2.41. The van der Waals surface area contributed by atoms with Crippen molar-refractivity contribution in [3.8, 4) is 0 Å². The maximum atomic E-state index is 5.78. The molecule has 3 rings (SSSR count). The van der Waals surface area contributed by atoms with Gasteiger partial charge in [-0.15, -0.1) is 0 Å². The molecule has 0 atom stereocenters. The molecule has 1 saturated carbocycles. The molecule has 2 aromatic rings. The van der Waals surface area contributed by atoms with Gasteiger partial charge in [-0.3, -0.25) is 0 Å². The summed E-state index contributed by atoms with van der Waals surface area (Å²) in [5.74, 6) is 0.808. The maximum Gasteiger partial charge on any atom is 0.0456 e. The van der Waals surface area contributed by atoms with E-state index in [0.29, 0.717) is 6.04 Å². The lowest BCUT2D eigenvalue weighted by atomic mass is 9.81. The van der Waals surface area contributed by atoms with Crippen molar-refractivity contribution >= 4 is 10.9 Å². The Labute approximate surface area is 108 Å². The van der Waals surface area contributed by atoms with Crippen LogP contribution in [0.5, 0.6) is 0 Å². The van der Waals surface area contributed by atoms with Gasteiger partial charge in [0, 0.05) is 23.1 Å². The third-order valence-corrected chi connectivity index (χ3v) is 3.95. The number of hydrogen-bond acceptors (Lipinski definition) is 2. The van der Waals surface area contributed by atoms with Crippen molar-refractivity contribution in [1.29, 1.82) is 0 Å². The number of aromatic nitrogens is 1. The van der Waals surface area contributed by atoms with Crippen LogP contribution in [0.25, 0.3) is 10.9 Å². The predicted octanol–water partition coefficient (Wildman–Crippen LogP) is 2.04. The quantitative estimate of drug-likeness (QED) is 0.704. The Hall–Kier alpha value is -1.32. The summed E-state index contributed by atoms with van der Waals surface area (Å²) in [7, 11) is 0. The highest BCUT2D eigenvalue weighted by Gasteiger charge is 2.24. The number of benzene rings is 1. The summed E-state index contributed by atoms with van der Waals surface area (Å²) in [4.78, 5) is 3.32. The fraction of sp³-hybridized carbons (Fsp3) is 0.467. The van der Waals surface area contributed by atoms with Gasteiger partial charge in [-0.2, -0.15) is 0 Å². The Morgan fingerprint density at radius 2 is 2.11 bits per heavy atom. The van der Waals surface area contributed by atoms with Crippen LogP contribution in [0.15, 0.2) is 30.5 Å². The average Bonchev–Trinajstić information content (AvgIpc) is 2.75. The highest BCUT2D eigenvalue weighted by atomic mass is 14.9. The number of fused-ring (bicyclic) bond motifs is 1. The second-order valence-corrected chi connectivity index (χ2v) is 5.41. The molecule has 0 bridgehead atoms. The van der Waals surface area contributed by atoms with Crippen LogP contribution in [0, 0.1) is 5.92 Å². The molecule has 1 aromatic heterocycles. The normalized spacial score (nSPS) is 23.2. The van der Waals surface area contributed by atoms with Crippen molar-refractivity contribution in [2.24, 2.45) is 11.7 Å². The first-order chi connectivity index (χ1) is 8.83. The molecular formula is C15H21N3. The van der Waals surface area contributed by atoms with E-state index in [1.54, 1.807) is 0 Å². The third kappa shape index (κ3) is 2.42. The van der Waals surface area contributed by atoms with Gasteiger partial charge < -0.3 is 16.0 Å². The van der Waals surface area contributed by atoms with Crippen molar-refractivity contribution < 1.29 is 0 Å². The fourth-order valence-corrected chi connectivity index (χ4v) is 2.82. The molecule has 0 unspecified atom stereocenters. The van der Waals surface area contributed by atoms with Crippen LogP contribution in [0.2, 0.25) is 0 Å².